The maximum Gasteiger partial charge on any atom is 0.174 e. The van der Waals surface area contributed by atoms with Gasteiger partial charge in [0.15, 0.2) is 5.78 Å². The van der Waals surface area contributed by atoms with Gasteiger partial charge >= 0.3 is 0 Å². The average Bonchev–Trinajstić information content (AvgIpc) is 2.36. The lowest BCUT2D eigenvalue weighted by atomic mass is 10.1. The number of halogens is 1. The van der Waals surface area contributed by atoms with Crippen molar-refractivity contribution in [1.29, 1.82) is 0 Å². The smallest absolute Gasteiger partial charge is 0.174 e. The number of rotatable bonds is 9. The largest absolute Gasteiger partial charge is 0.382 e. The first kappa shape index (κ1) is 16.5. The Morgan fingerprint density at radius 2 is 2.12 bits per heavy atom. The third kappa shape index (κ3) is 6.71. The molecular weight excluding hydrogens is 286 g/mol. The molecule has 0 aromatic carbocycles. The summed E-state index contributed by atoms with van der Waals surface area (Å²) in [6.07, 6.45) is 2.68. The van der Waals surface area contributed by atoms with Crippen LogP contribution >= 0.6 is 15.9 Å². The number of aliphatic imine (C=N–C) groups is 1. The third-order valence-corrected chi connectivity index (χ3v) is 2.59. The van der Waals surface area contributed by atoms with Crippen LogP contribution in [0.15, 0.2) is 16.6 Å². The molecule has 0 aliphatic heterocycles. The highest BCUT2D eigenvalue weighted by Crippen LogP contribution is 2.06. The molecule has 0 N–H and O–H groups in total. The molecular formula is C12H20BrNO3. The quantitative estimate of drug-likeness (QED) is 0.283. The Hall–Kier alpha value is -0.520. The summed E-state index contributed by atoms with van der Waals surface area (Å²) in [5.41, 5.74) is 1.33. The number of hydrogen-bond donors (Lipinski definition) is 0. The van der Waals surface area contributed by atoms with Gasteiger partial charge < -0.3 is 9.47 Å². The first-order chi connectivity index (χ1) is 8.21. The Labute approximate surface area is 111 Å². The maximum absolute atomic E-state index is 11.7. The van der Waals surface area contributed by atoms with Crippen LogP contribution in [-0.2, 0) is 14.3 Å². The molecule has 0 bridgehead atoms. The van der Waals surface area contributed by atoms with Crippen LogP contribution in [0.2, 0.25) is 0 Å². The van der Waals surface area contributed by atoms with Crippen molar-refractivity contribution in [2.45, 2.75) is 13.3 Å². The first-order valence-corrected chi connectivity index (χ1v) is 6.65. The molecule has 0 atom stereocenters. The summed E-state index contributed by atoms with van der Waals surface area (Å²) in [6.45, 7) is 3.36. The van der Waals surface area contributed by atoms with Gasteiger partial charge in [0.2, 0.25) is 0 Å². The van der Waals surface area contributed by atoms with Gasteiger partial charge in [-0.15, -0.1) is 0 Å². The number of Topliss-reactive ketones (excluding diaryl/α,β-unsaturated/α-hetero) is 1. The molecule has 98 valence electrons. The van der Waals surface area contributed by atoms with E-state index in [1.807, 2.05) is 13.0 Å². The highest BCUT2D eigenvalue weighted by molar-refractivity contribution is 9.09. The third-order valence-electron chi connectivity index (χ3n) is 2.08. The zero-order chi connectivity index (χ0) is 13.1. The number of allylic oxidation sites excluding steroid dienone is 1. The van der Waals surface area contributed by atoms with Crippen molar-refractivity contribution < 1.29 is 14.3 Å². The minimum absolute atomic E-state index is 0.0304. The number of alkyl halides is 1. The van der Waals surface area contributed by atoms with Crippen LogP contribution in [0.1, 0.15) is 13.3 Å². The topological polar surface area (TPSA) is 47.9 Å². The molecule has 0 heterocycles. The second-order valence-corrected chi connectivity index (χ2v) is 3.86. The van der Waals surface area contributed by atoms with Crippen LogP contribution < -0.4 is 0 Å². The van der Waals surface area contributed by atoms with Gasteiger partial charge in [-0.3, -0.25) is 9.79 Å². The van der Waals surface area contributed by atoms with Crippen molar-refractivity contribution in [3.05, 3.63) is 11.6 Å². The number of carbonyl (C=O) groups is 1. The number of methoxy groups -OCH3 is 1. The van der Waals surface area contributed by atoms with Crippen LogP contribution in [0.4, 0.5) is 0 Å². The van der Waals surface area contributed by atoms with Gasteiger partial charge in [0.1, 0.15) is 0 Å². The lowest BCUT2D eigenvalue weighted by Crippen LogP contribution is -2.20. The molecule has 0 fully saturated rings. The van der Waals surface area contributed by atoms with Gasteiger partial charge in [-0.05, 0) is 6.42 Å². The van der Waals surface area contributed by atoms with Crippen LogP contribution in [0, 0.1) is 0 Å². The van der Waals surface area contributed by atoms with E-state index in [2.05, 4.69) is 20.9 Å². The fraction of sp³-hybridized carbons (Fsp3) is 0.667. The van der Waals surface area contributed by atoms with Crippen molar-refractivity contribution in [2.75, 3.05) is 39.3 Å². The Kier molecular flexibility index (Phi) is 10.3. The molecule has 0 aromatic rings. The summed E-state index contributed by atoms with van der Waals surface area (Å²) >= 11 is 3.17. The highest BCUT2D eigenvalue weighted by Gasteiger charge is 2.13. The molecule has 0 aliphatic rings. The second-order valence-electron chi connectivity index (χ2n) is 3.30. The molecule has 0 amide bonds. The first-order valence-electron chi connectivity index (χ1n) is 5.53. The number of ketones is 1. The van der Waals surface area contributed by atoms with Crippen molar-refractivity contribution in [2.24, 2.45) is 4.99 Å². The number of nitrogens with zero attached hydrogens (tertiary/aromatic N) is 1. The number of carbonyl (C=O) groups excluding carboxylic acids is 1. The summed E-state index contributed by atoms with van der Waals surface area (Å²) < 4.78 is 10.3. The Morgan fingerprint density at radius 3 is 2.59 bits per heavy atom. The van der Waals surface area contributed by atoms with Gasteiger partial charge in [0.05, 0.1) is 30.9 Å². The normalized spacial score (nSPS) is 12.9. The Bertz CT molecular complexity index is 287. The summed E-state index contributed by atoms with van der Waals surface area (Å²) in [5, 5.41) is 0.302. The number of hydrogen-bond acceptors (Lipinski definition) is 4. The van der Waals surface area contributed by atoms with Gasteiger partial charge in [-0.2, -0.15) is 0 Å². The van der Waals surface area contributed by atoms with Crippen molar-refractivity contribution in [3.63, 3.8) is 0 Å². The molecule has 17 heavy (non-hydrogen) atoms. The van der Waals surface area contributed by atoms with E-state index in [0.717, 1.165) is 6.42 Å². The minimum Gasteiger partial charge on any atom is -0.382 e. The lowest BCUT2D eigenvalue weighted by Gasteiger charge is -2.09. The van der Waals surface area contributed by atoms with E-state index < -0.39 is 0 Å². The molecule has 0 saturated carbocycles. The molecule has 0 unspecified atom stereocenters. The molecule has 0 spiro atoms. The molecule has 0 rings (SSSR count). The van der Waals surface area contributed by atoms with Crippen LogP contribution in [0.3, 0.4) is 0 Å². The standard InChI is InChI=1S/C12H20BrNO3/c1-4-5-10(12(15)8-13)11(14-2)9-17-7-6-16-3/h5H,4,6-9H2,1-3H3/b10-5+,14-11?. The van der Waals surface area contributed by atoms with Crippen molar-refractivity contribution in [1.82, 2.24) is 0 Å². The monoisotopic (exact) mass is 305 g/mol. The molecule has 0 radical (unpaired) electrons. The molecule has 0 aromatic heterocycles. The van der Waals surface area contributed by atoms with Gasteiger partial charge in [-0.1, -0.05) is 28.9 Å². The summed E-state index contributed by atoms with van der Waals surface area (Å²) in [5.74, 6) is 0.0304. The zero-order valence-corrected chi connectivity index (χ0v) is 12.2. The van der Waals surface area contributed by atoms with E-state index in [1.165, 1.54) is 0 Å². The van der Waals surface area contributed by atoms with Gasteiger partial charge in [-0.25, -0.2) is 0 Å². The van der Waals surface area contributed by atoms with E-state index in [9.17, 15) is 4.79 Å². The maximum atomic E-state index is 11.7. The summed E-state index contributed by atoms with van der Waals surface area (Å²) in [4.78, 5) is 15.8. The SMILES string of the molecule is CC/C=C(/C(=O)CBr)C(COCCOC)=NC. The highest BCUT2D eigenvalue weighted by atomic mass is 79.9. The molecule has 0 saturated heterocycles. The Balaban J connectivity index is 4.49. The predicted octanol–water partition coefficient (Wildman–Crippen LogP) is 2.02. The zero-order valence-electron chi connectivity index (χ0n) is 10.7. The van der Waals surface area contributed by atoms with E-state index in [-0.39, 0.29) is 5.78 Å². The van der Waals surface area contributed by atoms with Crippen LogP contribution in [0.5, 0.6) is 0 Å². The summed E-state index contributed by atoms with van der Waals surface area (Å²) in [7, 11) is 3.29. The van der Waals surface area contributed by atoms with E-state index in [0.29, 0.717) is 36.4 Å². The lowest BCUT2D eigenvalue weighted by molar-refractivity contribution is -0.112. The van der Waals surface area contributed by atoms with Crippen LogP contribution in [-0.4, -0.2) is 50.8 Å². The molecule has 5 heteroatoms. The molecule has 4 nitrogen and oxygen atoms in total. The average molecular weight is 306 g/mol. The van der Waals surface area contributed by atoms with Gasteiger partial charge in [0.25, 0.3) is 0 Å². The minimum atomic E-state index is 0.0304. The number of ether oxygens (including phenoxy) is 2. The van der Waals surface area contributed by atoms with E-state index >= 15 is 0 Å². The van der Waals surface area contributed by atoms with Crippen molar-refractivity contribution >= 4 is 27.4 Å². The Morgan fingerprint density at radius 1 is 1.41 bits per heavy atom. The second kappa shape index (κ2) is 10.6. The van der Waals surface area contributed by atoms with Crippen molar-refractivity contribution in [3.8, 4) is 0 Å². The van der Waals surface area contributed by atoms with E-state index in [4.69, 9.17) is 9.47 Å². The van der Waals surface area contributed by atoms with E-state index in [1.54, 1.807) is 14.2 Å². The van der Waals surface area contributed by atoms with Gasteiger partial charge in [0, 0.05) is 19.7 Å². The van der Waals surface area contributed by atoms with Crippen LogP contribution in [0.25, 0.3) is 0 Å². The fourth-order valence-electron chi connectivity index (χ4n) is 1.24. The predicted molar refractivity (Wildman–Crippen MR) is 73.2 cm³/mol. The molecule has 0 aliphatic carbocycles. The summed E-state index contributed by atoms with van der Waals surface area (Å²) in [6, 6.07) is 0. The fourth-order valence-corrected chi connectivity index (χ4v) is 1.54.